The van der Waals surface area contributed by atoms with E-state index >= 15 is 0 Å². The number of aryl methyl sites for hydroxylation is 3. The van der Waals surface area contributed by atoms with Gasteiger partial charge in [-0.25, -0.2) is 9.67 Å². The van der Waals surface area contributed by atoms with Crippen molar-refractivity contribution in [2.45, 2.75) is 20.8 Å². The molecule has 0 saturated carbocycles. The minimum absolute atomic E-state index is 0.113. The molecule has 4 aromatic rings. The maximum absolute atomic E-state index is 10.00. The Morgan fingerprint density at radius 2 is 1.67 bits per heavy atom. The van der Waals surface area contributed by atoms with Crippen LogP contribution >= 0.6 is 0 Å². The Balaban J connectivity index is 2.13. The first kappa shape index (κ1) is 22.0. The van der Waals surface area contributed by atoms with Gasteiger partial charge in [0.25, 0.3) is 0 Å². The van der Waals surface area contributed by atoms with Crippen molar-refractivity contribution in [1.82, 2.24) is 14.8 Å². The molecule has 0 spiro atoms. The van der Waals surface area contributed by atoms with Gasteiger partial charge < -0.3 is 19.9 Å². The van der Waals surface area contributed by atoms with Crippen LogP contribution in [0.3, 0.4) is 0 Å². The fraction of sp³-hybridized carbons (Fsp3) is 0.240. The zero-order valence-corrected chi connectivity index (χ0v) is 19.5. The van der Waals surface area contributed by atoms with E-state index in [1.165, 1.54) is 12.7 Å². The monoisotopic (exact) mass is 443 g/mol. The molecule has 0 aliphatic rings. The molecule has 0 saturated heterocycles. The van der Waals surface area contributed by atoms with Crippen LogP contribution in [0.4, 0.5) is 5.82 Å². The summed E-state index contributed by atoms with van der Waals surface area (Å²) in [6.45, 7) is 5.99. The number of aromatic nitrogens is 3. The number of benzene rings is 2. The number of hydrogen-bond donors (Lipinski definition) is 1. The predicted octanol–water partition coefficient (Wildman–Crippen LogP) is 4.49. The van der Waals surface area contributed by atoms with Crippen LogP contribution < -0.4 is 19.9 Å². The van der Waals surface area contributed by atoms with Crippen molar-refractivity contribution in [3.8, 4) is 40.1 Å². The van der Waals surface area contributed by atoms with Crippen LogP contribution in [-0.4, -0.2) is 36.1 Å². The van der Waals surface area contributed by atoms with Gasteiger partial charge in [0, 0.05) is 11.1 Å². The number of rotatable bonds is 5. The Kier molecular flexibility index (Phi) is 5.56. The van der Waals surface area contributed by atoms with Gasteiger partial charge in [-0.15, -0.1) is 0 Å². The number of hydrogen-bond acceptors (Lipinski definition) is 7. The van der Waals surface area contributed by atoms with Gasteiger partial charge in [-0.3, -0.25) is 0 Å². The van der Waals surface area contributed by atoms with Crippen molar-refractivity contribution < 1.29 is 14.2 Å². The van der Waals surface area contributed by atoms with E-state index in [0.717, 1.165) is 11.3 Å². The van der Waals surface area contributed by atoms with Crippen molar-refractivity contribution in [1.29, 1.82) is 5.26 Å². The zero-order chi connectivity index (χ0) is 23.9. The smallest absolute Gasteiger partial charge is 0.203 e. The summed E-state index contributed by atoms with van der Waals surface area (Å²) in [5.41, 5.74) is 12.2. The fourth-order valence-corrected chi connectivity index (χ4v) is 4.05. The highest BCUT2D eigenvalue weighted by Gasteiger charge is 2.26. The Labute approximate surface area is 192 Å². The predicted molar refractivity (Wildman–Crippen MR) is 127 cm³/mol. The highest BCUT2D eigenvalue weighted by atomic mass is 16.5. The molecule has 0 bridgehead atoms. The maximum atomic E-state index is 10.00. The van der Waals surface area contributed by atoms with Crippen molar-refractivity contribution in [3.63, 3.8) is 0 Å². The number of methoxy groups -OCH3 is 3. The molecule has 8 heteroatoms. The summed E-state index contributed by atoms with van der Waals surface area (Å²) in [6, 6.07) is 11.9. The van der Waals surface area contributed by atoms with Crippen molar-refractivity contribution >= 4 is 16.9 Å². The molecule has 0 atom stereocenters. The fourth-order valence-electron chi connectivity index (χ4n) is 4.05. The Morgan fingerprint density at radius 3 is 2.27 bits per heavy atom. The van der Waals surface area contributed by atoms with Crippen LogP contribution in [0, 0.1) is 32.1 Å². The van der Waals surface area contributed by atoms with Crippen molar-refractivity contribution in [2.75, 3.05) is 27.1 Å². The maximum Gasteiger partial charge on any atom is 0.203 e. The van der Waals surface area contributed by atoms with E-state index in [1.54, 1.807) is 25.0 Å². The highest BCUT2D eigenvalue weighted by Crippen LogP contribution is 2.48. The molecule has 2 aromatic heterocycles. The molecule has 33 heavy (non-hydrogen) atoms. The normalized spacial score (nSPS) is 10.8. The van der Waals surface area contributed by atoms with E-state index in [4.69, 9.17) is 25.0 Å². The molecule has 2 N–H and O–H groups in total. The Morgan fingerprint density at radius 1 is 0.939 bits per heavy atom. The molecule has 4 rings (SSSR count). The van der Waals surface area contributed by atoms with Gasteiger partial charge in [0.1, 0.15) is 17.5 Å². The number of nitrogen functional groups attached to an aromatic ring is 1. The molecular weight excluding hydrogens is 418 g/mol. The van der Waals surface area contributed by atoms with Crippen LogP contribution in [0.5, 0.6) is 17.2 Å². The van der Waals surface area contributed by atoms with Gasteiger partial charge in [0.15, 0.2) is 17.1 Å². The summed E-state index contributed by atoms with van der Waals surface area (Å²) < 4.78 is 18.5. The third-order valence-electron chi connectivity index (χ3n) is 5.84. The molecule has 0 radical (unpaired) electrons. The minimum atomic E-state index is 0.113. The summed E-state index contributed by atoms with van der Waals surface area (Å²) >= 11 is 0. The standard InChI is InChI=1S/C25H25N5O3/c1-13-7-8-16(11-14(13)2)30-25-20(15(3)29-30)21(18(12-26)24(27)28-25)17-9-10-19(31-4)23(33-6)22(17)32-5/h7-11H,1-6H3,(H2,27,28). The van der Waals surface area contributed by atoms with E-state index in [2.05, 4.69) is 18.0 Å². The molecule has 2 aromatic carbocycles. The van der Waals surface area contributed by atoms with Crippen LogP contribution in [-0.2, 0) is 0 Å². The molecule has 0 amide bonds. The van der Waals surface area contributed by atoms with Gasteiger partial charge in [0.05, 0.1) is 38.1 Å². The number of nitriles is 1. The lowest BCUT2D eigenvalue weighted by Gasteiger charge is -2.17. The lowest BCUT2D eigenvalue weighted by molar-refractivity contribution is 0.325. The second-order valence-corrected chi connectivity index (χ2v) is 7.71. The van der Waals surface area contributed by atoms with Crippen molar-refractivity contribution in [2.24, 2.45) is 0 Å². The largest absolute Gasteiger partial charge is 0.493 e. The molecule has 168 valence electrons. The summed E-state index contributed by atoms with van der Waals surface area (Å²) in [5, 5.41) is 15.5. The van der Waals surface area contributed by atoms with Crippen LogP contribution in [0.2, 0.25) is 0 Å². The number of fused-ring (bicyclic) bond motifs is 1. The summed E-state index contributed by atoms with van der Waals surface area (Å²) in [6.07, 6.45) is 0. The Hall–Kier alpha value is -4.25. The second kappa shape index (κ2) is 8.36. The molecule has 0 aliphatic heterocycles. The molecular formula is C25H25N5O3. The number of pyridine rings is 1. The van der Waals surface area contributed by atoms with Crippen LogP contribution in [0.1, 0.15) is 22.4 Å². The number of nitrogens with zero attached hydrogens (tertiary/aromatic N) is 4. The van der Waals surface area contributed by atoms with E-state index in [0.29, 0.717) is 45.1 Å². The van der Waals surface area contributed by atoms with Gasteiger partial charge in [0.2, 0.25) is 5.75 Å². The average Bonchev–Trinajstić information content (AvgIpc) is 3.14. The number of anilines is 1. The summed E-state index contributed by atoms with van der Waals surface area (Å²) in [4.78, 5) is 4.57. The molecule has 0 fully saturated rings. The Bertz CT molecular complexity index is 1430. The van der Waals surface area contributed by atoms with E-state index in [-0.39, 0.29) is 11.4 Å². The third kappa shape index (κ3) is 3.38. The van der Waals surface area contributed by atoms with Crippen molar-refractivity contribution in [3.05, 3.63) is 52.7 Å². The summed E-state index contributed by atoms with van der Waals surface area (Å²) in [5.74, 6) is 1.47. The van der Waals surface area contributed by atoms with Crippen LogP contribution in [0.25, 0.3) is 27.8 Å². The molecule has 2 heterocycles. The number of ether oxygens (including phenoxy) is 3. The topological polar surface area (TPSA) is 108 Å². The van der Waals surface area contributed by atoms with E-state index in [9.17, 15) is 5.26 Å². The van der Waals surface area contributed by atoms with Crippen LogP contribution in [0.15, 0.2) is 30.3 Å². The average molecular weight is 444 g/mol. The first-order chi connectivity index (χ1) is 15.9. The first-order valence-electron chi connectivity index (χ1n) is 10.3. The SMILES string of the molecule is COc1ccc(-c2c(C#N)c(N)nc3c2c(C)nn3-c2ccc(C)c(C)c2)c(OC)c1OC. The number of nitrogens with two attached hydrogens (primary N) is 1. The van der Waals surface area contributed by atoms with E-state index in [1.807, 2.05) is 38.1 Å². The molecule has 0 unspecified atom stereocenters. The van der Waals surface area contributed by atoms with E-state index < -0.39 is 0 Å². The minimum Gasteiger partial charge on any atom is -0.493 e. The van der Waals surface area contributed by atoms with Gasteiger partial charge >= 0.3 is 0 Å². The molecule has 8 nitrogen and oxygen atoms in total. The van der Waals surface area contributed by atoms with Gasteiger partial charge in [-0.05, 0) is 56.2 Å². The van der Waals surface area contributed by atoms with Gasteiger partial charge in [-0.2, -0.15) is 10.4 Å². The highest BCUT2D eigenvalue weighted by molar-refractivity contribution is 6.02. The molecule has 0 aliphatic carbocycles. The third-order valence-corrected chi connectivity index (χ3v) is 5.84. The lowest BCUT2D eigenvalue weighted by atomic mass is 9.95. The first-order valence-corrected chi connectivity index (χ1v) is 10.3. The van der Waals surface area contributed by atoms with Gasteiger partial charge in [-0.1, -0.05) is 6.07 Å². The second-order valence-electron chi connectivity index (χ2n) is 7.71. The summed E-state index contributed by atoms with van der Waals surface area (Å²) in [7, 11) is 4.63. The zero-order valence-electron chi connectivity index (χ0n) is 19.5. The quantitative estimate of drug-likeness (QED) is 0.484. The lowest BCUT2D eigenvalue weighted by Crippen LogP contribution is -2.04.